The highest BCUT2D eigenvalue weighted by molar-refractivity contribution is 5.97. The molecule has 0 radical (unpaired) electrons. The summed E-state index contributed by atoms with van der Waals surface area (Å²) >= 11 is 0. The summed E-state index contributed by atoms with van der Waals surface area (Å²) in [5.41, 5.74) is 17.9. The lowest BCUT2D eigenvalue weighted by Crippen LogP contribution is -2.60. The highest BCUT2D eigenvalue weighted by Crippen LogP contribution is 2.13. The third kappa shape index (κ3) is 22.9. The Bertz CT molecular complexity index is 2050. The number of amides is 7. The fourth-order valence-electron chi connectivity index (χ4n) is 6.84. The van der Waals surface area contributed by atoms with Crippen molar-refractivity contribution in [3.8, 4) is 0 Å². The van der Waals surface area contributed by atoms with E-state index >= 15 is 0 Å². The maximum atomic E-state index is 14.4. The number of hydrogen-bond acceptors (Lipinski definition) is 12. The Morgan fingerprint density at radius 3 is 1.33 bits per heavy atom. The number of hydrogen-bond donors (Lipinski definition) is 13. The zero-order valence-electron chi connectivity index (χ0n) is 39.4. The van der Waals surface area contributed by atoms with Crippen LogP contribution in [-0.2, 0) is 56.0 Å². The molecule has 0 heterocycles. The number of aliphatic hydroxyl groups is 1. The predicted octanol–water partition coefficient (Wildman–Crippen LogP) is -2.09. The lowest BCUT2D eigenvalue weighted by molar-refractivity contribution is -0.140. The van der Waals surface area contributed by atoms with Crippen LogP contribution in [0.15, 0.2) is 65.7 Å². The number of rotatable bonds is 31. The fourth-order valence-corrected chi connectivity index (χ4v) is 6.84. The van der Waals surface area contributed by atoms with Crippen molar-refractivity contribution in [3.05, 3.63) is 71.8 Å². The molecule has 0 bridgehead atoms. The van der Waals surface area contributed by atoms with E-state index in [2.05, 4.69) is 42.2 Å². The second kappa shape index (κ2) is 30.3. The molecule has 2 aromatic carbocycles. The monoisotopic (exact) mass is 968 g/mol. The normalized spacial score (nSPS) is 14.0. The van der Waals surface area contributed by atoms with Crippen LogP contribution in [0.3, 0.4) is 0 Å². The van der Waals surface area contributed by atoms with Gasteiger partial charge >= 0.3 is 11.9 Å². The van der Waals surface area contributed by atoms with Crippen LogP contribution in [0.4, 0.5) is 0 Å². The van der Waals surface area contributed by atoms with Crippen molar-refractivity contribution in [2.45, 2.75) is 121 Å². The molecule has 23 heteroatoms. The molecule has 0 saturated carbocycles. The van der Waals surface area contributed by atoms with Gasteiger partial charge in [0.1, 0.15) is 48.8 Å². The molecule has 69 heavy (non-hydrogen) atoms. The van der Waals surface area contributed by atoms with E-state index in [-0.39, 0.29) is 62.9 Å². The number of aliphatic carboxylic acids is 2. The van der Waals surface area contributed by atoms with Gasteiger partial charge in [-0.1, -0.05) is 88.4 Å². The smallest absolute Gasteiger partial charge is 0.322 e. The first-order chi connectivity index (χ1) is 32.6. The molecular weight excluding hydrogens is 899 g/mol. The number of nitrogens with one attached hydrogen (secondary N) is 7. The van der Waals surface area contributed by atoms with Crippen LogP contribution in [0.1, 0.15) is 77.3 Å². The first kappa shape index (κ1) is 58.0. The summed E-state index contributed by atoms with van der Waals surface area (Å²) in [5, 5.41) is 45.7. The molecule has 0 aliphatic carbocycles. The SMILES string of the molecule is CC(C)C[C@H](NC(=O)[C@H](Cc1ccccc1)NC(=O)[C@H](CCCN=C(N)N)NC(=O)[C@H](CC(C)C)NC(=O)[C@@H](N)CO)C(=O)N[C@@H](Cc1ccccc1)C(=O)N[C@@H](CCC(=O)O)C(=O)NCC(=O)O. The Labute approximate surface area is 400 Å². The van der Waals surface area contributed by atoms with E-state index in [0.717, 1.165) is 0 Å². The predicted molar refractivity (Wildman–Crippen MR) is 253 cm³/mol. The van der Waals surface area contributed by atoms with Gasteiger partial charge in [-0.05, 0) is 55.1 Å². The summed E-state index contributed by atoms with van der Waals surface area (Å²) in [6.07, 6.45) is -0.859. The van der Waals surface area contributed by atoms with Gasteiger partial charge in [-0.3, -0.25) is 48.1 Å². The Morgan fingerprint density at radius 2 is 0.928 bits per heavy atom. The highest BCUT2D eigenvalue weighted by atomic mass is 16.4. The van der Waals surface area contributed by atoms with Crippen molar-refractivity contribution >= 4 is 59.2 Å². The van der Waals surface area contributed by atoms with Gasteiger partial charge in [0.25, 0.3) is 0 Å². The summed E-state index contributed by atoms with van der Waals surface area (Å²) < 4.78 is 0. The summed E-state index contributed by atoms with van der Waals surface area (Å²) in [4.78, 5) is 123. The molecule has 16 N–H and O–H groups in total. The van der Waals surface area contributed by atoms with Crippen molar-refractivity contribution in [2.24, 2.45) is 34.0 Å². The van der Waals surface area contributed by atoms with E-state index in [1.807, 2.05) is 13.8 Å². The molecule has 0 aliphatic rings. The molecule has 0 aliphatic heterocycles. The van der Waals surface area contributed by atoms with Crippen molar-refractivity contribution in [3.63, 3.8) is 0 Å². The van der Waals surface area contributed by atoms with Gasteiger partial charge < -0.3 is 69.7 Å². The molecule has 23 nitrogen and oxygen atoms in total. The Kier molecular flexibility index (Phi) is 25.4. The number of benzene rings is 2. The summed E-state index contributed by atoms with van der Waals surface area (Å²) in [6.45, 7) is 5.78. The maximum absolute atomic E-state index is 14.4. The maximum Gasteiger partial charge on any atom is 0.322 e. The van der Waals surface area contributed by atoms with Crippen LogP contribution in [0.2, 0.25) is 0 Å². The number of nitrogens with two attached hydrogens (primary N) is 3. The number of carbonyl (C=O) groups excluding carboxylic acids is 7. The van der Waals surface area contributed by atoms with Crippen LogP contribution in [-0.4, -0.2) is 137 Å². The molecule has 2 rings (SSSR count). The van der Waals surface area contributed by atoms with E-state index in [0.29, 0.717) is 11.1 Å². The number of aliphatic hydroxyl groups excluding tert-OH is 1. The largest absolute Gasteiger partial charge is 0.481 e. The Balaban J connectivity index is 2.53. The van der Waals surface area contributed by atoms with Crippen molar-refractivity contribution < 1.29 is 58.5 Å². The minimum atomic E-state index is -1.50. The Morgan fingerprint density at radius 1 is 0.536 bits per heavy atom. The van der Waals surface area contributed by atoms with Gasteiger partial charge in [0.15, 0.2) is 5.96 Å². The van der Waals surface area contributed by atoms with Crippen LogP contribution >= 0.6 is 0 Å². The molecule has 7 atom stereocenters. The highest BCUT2D eigenvalue weighted by Gasteiger charge is 2.34. The zero-order valence-corrected chi connectivity index (χ0v) is 39.4. The van der Waals surface area contributed by atoms with Crippen LogP contribution in [0, 0.1) is 11.8 Å². The van der Waals surface area contributed by atoms with Crippen molar-refractivity contribution in [1.29, 1.82) is 0 Å². The molecule has 2 aromatic rings. The van der Waals surface area contributed by atoms with Gasteiger partial charge in [-0.25, -0.2) is 0 Å². The van der Waals surface area contributed by atoms with Gasteiger partial charge in [-0.15, -0.1) is 0 Å². The van der Waals surface area contributed by atoms with E-state index in [1.54, 1.807) is 74.5 Å². The van der Waals surface area contributed by atoms with E-state index < -0.39 is 122 Å². The Hall–Kier alpha value is -7.14. The molecule has 380 valence electrons. The van der Waals surface area contributed by atoms with Gasteiger partial charge in [0.2, 0.25) is 41.4 Å². The van der Waals surface area contributed by atoms with E-state index in [4.69, 9.17) is 22.3 Å². The first-order valence-electron chi connectivity index (χ1n) is 22.6. The molecule has 0 aromatic heterocycles. The third-order valence-corrected chi connectivity index (χ3v) is 10.3. The number of nitrogens with zero attached hydrogens (tertiary/aromatic N) is 1. The zero-order chi connectivity index (χ0) is 51.6. The van der Waals surface area contributed by atoms with Gasteiger partial charge in [-0.2, -0.15) is 0 Å². The van der Waals surface area contributed by atoms with E-state index in [1.165, 1.54) is 0 Å². The van der Waals surface area contributed by atoms with Crippen LogP contribution in [0.25, 0.3) is 0 Å². The quantitative estimate of drug-likeness (QED) is 0.0219. The number of carboxylic acids is 2. The average Bonchev–Trinajstić information content (AvgIpc) is 3.29. The molecule has 0 saturated heterocycles. The summed E-state index contributed by atoms with van der Waals surface area (Å²) in [5.74, 6) is -9.05. The molecule has 0 spiro atoms. The van der Waals surface area contributed by atoms with E-state index in [9.17, 15) is 53.4 Å². The average molecular weight is 968 g/mol. The lowest BCUT2D eigenvalue weighted by Gasteiger charge is -2.28. The van der Waals surface area contributed by atoms with Crippen LogP contribution in [0.5, 0.6) is 0 Å². The number of carboxylic acid groups (broad SMARTS) is 2. The second-order valence-corrected chi connectivity index (χ2v) is 17.3. The third-order valence-electron chi connectivity index (χ3n) is 10.3. The van der Waals surface area contributed by atoms with Crippen LogP contribution < -0.4 is 54.4 Å². The van der Waals surface area contributed by atoms with Gasteiger partial charge in [0.05, 0.1) is 6.61 Å². The lowest BCUT2D eigenvalue weighted by atomic mass is 9.99. The molecule has 0 unspecified atom stereocenters. The van der Waals surface area contributed by atoms with Crippen molar-refractivity contribution in [2.75, 3.05) is 19.7 Å². The summed E-state index contributed by atoms with van der Waals surface area (Å²) in [6, 6.07) is 7.73. The standard InChI is InChI=1S/C46H69N11O12/c1-26(2)20-33(54-39(63)30(47)25-58)42(66)52-31(16-11-19-50-46(48)49)41(65)56-36(23-29-14-9-6-10-15-29)45(69)55-34(21-27(3)4)43(67)57-35(22-28-12-7-5-8-13-28)44(68)53-32(17-18-37(59)60)40(64)51-24-38(61)62/h5-10,12-15,26-27,30-36,58H,11,16-25,47H2,1-4H3,(H,51,64)(H,52,66)(H,53,68)(H,54,63)(H,55,69)(H,56,65)(H,57,67)(H,59,60)(H,61,62)(H4,48,49,50)/t30-,31-,32-,33-,34-,35-,36-/m0/s1. The number of guanidine groups is 1. The first-order valence-corrected chi connectivity index (χ1v) is 22.6. The topological polar surface area (TPSA) is 389 Å². The minimum Gasteiger partial charge on any atom is -0.481 e. The molecular formula is C46H69N11O12. The van der Waals surface area contributed by atoms with Gasteiger partial charge in [0, 0.05) is 25.8 Å². The summed E-state index contributed by atoms with van der Waals surface area (Å²) in [7, 11) is 0. The second-order valence-electron chi connectivity index (χ2n) is 17.3. The van der Waals surface area contributed by atoms with Crippen molar-refractivity contribution in [1.82, 2.24) is 37.2 Å². The minimum absolute atomic E-state index is 0.0336. The molecule has 0 fully saturated rings. The molecule has 7 amide bonds. The number of aliphatic imine (C=N–C) groups is 1. The fraction of sp³-hybridized carbons (Fsp3) is 0.522. The number of carbonyl (C=O) groups is 9.